The maximum absolute atomic E-state index is 11.9. The van der Waals surface area contributed by atoms with Gasteiger partial charge in [-0.25, -0.2) is 0 Å². The number of nitrogens with zero attached hydrogens (tertiary/aromatic N) is 1. The average molecular weight is 265 g/mol. The number of nitrogens with one attached hydrogen (secondary N) is 3. The number of carbonyl (C=O) groups is 2. The summed E-state index contributed by atoms with van der Waals surface area (Å²) in [6.07, 6.45) is 2.43. The second kappa shape index (κ2) is 5.73. The van der Waals surface area contributed by atoms with Gasteiger partial charge in [0.2, 0.25) is 5.91 Å². The maximum atomic E-state index is 11.9. The number of H-pyrrole nitrogens is 1. The van der Waals surface area contributed by atoms with Crippen LogP contribution in [-0.4, -0.2) is 35.1 Å². The van der Waals surface area contributed by atoms with E-state index in [0.29, 0.717) is 18.2 Å². The van der Waals surface area contributed by atoms with Crippen LogP contribution in [0.5, 0.6) is 0 Å². The zero-order valence-corrected chi connectivity index (χ0v) is 11.0. The number of aromatic amines is 1. The lowest BCUT2D eigenvalue weighted by Crippen LogP contribution is -2.31. The molecule has 0 atom stereocenters. The summed E-state index contributed by atoms with van der Waals surface area (Å²) in [7, 11) is 0. The van der Waals surface area contributed by atoms with Crippen LogP contribution in [0.2, 0.25) is 0 Å². The molecule has 1 aliphatic rings. The molecule has 7 heteroatoms. The molecule has 5 N–H and O–H groups in total. The Morgan fingerprint density at radius 1 is 1.42 bits per heavy atom. The minimum Gasteiger partial charge on any atom is -0.395 e. The fourth-order valence-electron chi connectivity index (χ4n) is 1.88. The van der Waals surface area contributed by atoms with E-state index in [-0.39, 0.29) is 30.5 Å². The van der Waals surface area contributed by atoms with E-state index < -0.39 is 0 Å². The van der Waals surface area contributed by atoms with Crippen LogP contribution in [0.4, 0.5) is 5.69 Å². The molecule has 0 bridgehead atoms. The van der Waals surface area contributed by atoms with Crippen LogP contribution in [-0.2, 0) is 4.79 Å². The number of anilines is 1. The minimum atomic E-state index is -0.343. The van der Waals surface area contributed by atoms with Gasteiger partial charge in [-0.05, 0) is 19.8 Å². The molecule has 0 aromatic carbocycles. The van der Waals surface area contributed by atoms with Crippen molar-refractivity contribution in [3.8, 4) is 0 Å². The number of aromatic nitrogens is 2. The Labute approximate surface area is 111 Å². The first-order valence-electron chi connectivity index (χ1n) is 6.52. The van der Waals surface area contributed by atoms with Crippen LogP contribution in [0.15, 0.2) is 0 Å². The Hall–Kier alpha value is -2.05. The SMILES string of the molecule is CCNC(=O)CCNC(=O)c1n[nH]c(C2CC2)c1N. The number of rotatable bonds is 6. The third-order valence-corrected chi connectivity index (χ3v) is 3.05. The lowest BCUT2D eigenvalue weighted by molar-refractivity contribution is -0.120. The van der Waals surface area contributed by atoms with Crippen molar-refractivity contribution in [3.05, 3.63) is 11.4 Å². The third-order valence-electron chi connectivity index (χ3n) is 3.05. The van der Waals surface area contributed by atoms with Gasteiger partial charge < -0.3 is 16.4 Å². The van der Waals surface area contributed by atoms with Crippen LogP contribution in [0, 0.1) is 0 Å². The summed E-state index contributed by atoms with van der Waals surface area (Å²) in [4.78, 5) is 23.1. The molecular weight excluding hydrogens is 246 g/mol. The van der Waals surface area contributed by atoms with Crippen LogP contribution >= 0.6 is 0 Å². The first-order chi connectivity index (χ1) is 9.13. The molecule has 7 nitrogen and oxygen atoms in total. The number of hydrogen-bond acceptors (Lipinski definition) is 4. The molecule has 19 heavy (non-hydrogen) atoms. The van der Waals surface area contributed by atoms with E-state index in [9.17, 15) is 9.59 Å². The Morgan fingerprint density at radius 3 is 2.79 bits per heavy atom. The van der Waals surface area contributed by atoms with Crippen molar-refractivity contribution >= 4 is 17.5 Å². The van der Waals surface area contributed by atoms with Crippen molar-refractivity contribution in [1.82, 2.24) is 20.8 Å². The Balaban J connectivity index is 1.84. The highest BCUT2D eigenvalue weighted by molar-refractivity contribution is 5.97. The molecule has 0 aliphatic heterocycles. The summed E-state index contributed by atoms with van der Waals surface area (Å²) in [5.41, 5.74) is 7.39. The normalized spacial score (nSPS) is 14.2. The van der Waals surface area contributed by atoms with E-state index in [1.807, 2.05) is 6.92 Å². The Kier molecular flexibility index (Phi) is 4.03. The monoisotopic (exact) mass is 265 g/mol. The molecule has 2 rings (SSSR count). The number of hydrogen-bond donors (Lipinski definition) is 4. The van der Waals surface area contributed by atoms with Gasteiger partial charge in [0.05, 0.1) is 11.4 Å². The quantitative estimate of drug-likeness (QED) is 0.585. The van der Waals surface area contributed by atoms with Crippen LogP contribution in [0.3, 0.4) is 0 Å². The topological polar surface area (TPSA) is 113 Å². The summed E-state index contributed by atoms with van der Waals surface area (Å²) >= 11 is 0. The van der Waals surface area contributed by atoms with Crippen molar-refractivity contribution in [2.45, 2.75) is 32.1 Å². The van der Waals surface area contributed by atoms with Gasteiger partial charge in [-0.15, -0.1) is 0 Å². The van der Waals surface area contributed by atoms with Crippen molar-refractivity contribution in [2.75, 3.05) is 18.8 Å². The van der Waals surface area contributed by atoms with Gasteiger partial charge in [0.1, 0.15) is 0 Å². The largest absolute Gasteiger partial charge is 0.395 e. The highest BCUT2D eigenvalue weighted by Crippen LogP contribution is 2.42. The third kappa shape index (κ3) is 3.24. The predicted molar refractivity (Wildman–Crippen MR) is 70.6 cm³/mol. The molecule has 2 amide bonds. The van der Waals surface area contributed by atoms with E-state index in [4.69, 9.17) is 5.73 Å². The highest BCUT2D eigenvalue weighted by Gasteiger charge is 2.30. The van der Waals surface area contributed by atoms with E-state index in [1.54, 1.807) is 0 Å². The van der Waals surface area contributed by atoms with Crippen LogP contribution in [0.25, 0.3) is 0 Å². The summed E-state index contributed by atoms with van der Waals surface area (Å²) in [5, 5.41) is 12.1. The number of nitrogen functional groups attached to an aromatic ring is 1. The van der Waals surface area contributed by atoms with Gasteiger partial charge in [-0.1, -0.05) is 0 Å². The molecule has 0 radical (unpaired) electrons. The molecule has 0 unspecified atom stereocenters. The first kappa shape index (κ1) is 13.4. The Morgan fingerprint density at radius 2 is 2.16 bits per heavy atom. The second-order valence-electron chi connectivity index (χ2n) is 4.63. The van der Waals surface area contributed by atoms with Crippen molar-refractivity contribution < 1.29 is 9.59 Å². The van der Waals surface area contributed by atoms with Crippen molar-refractivity contribution in [2.24, 2.45) is 0 Å². The smallest absolute Gasteiger partial charge is 0.273 e. The maximum Gasteiger partial charge on any atom is 0.273 e. The van der Waals surface area contributed by atoms with Crippen LogP contribution in [0.1, 0.15) is 48.3 Å². The number of carbonyl (C=O) groups excluding carboxylic acids is 2. The van der Waals surface area contributed by atoms with Gasteiger partial charge in [-0.3, -0.25) is 14.7 Å². The zero-order chi connectivity index (χ0) is 13.8. The molecule has 1 heterocycles. The summed E-state index contributed by atoms with van der Waals surface area (Å²) in [6, 6.07) is 0. The van der Waals surface area contributed by atoms with Crippen molar-refractivity contribution in [1.29, 1.82) is 0 Å². The first-order valence-corrected chi connectivity index (χ1v) is 6.52. The predicted octanol–water partition coefficient (Wildman–Crippen LogP) is 0.125. The molecule has 1 fully saturated rings. The van der Waals surface area contributed by atoms with Gasteiger partial charge in [0.25, 0.3) is 5.91 Å². The van der Waals surface area contributed by atoms with E-state index in [1.165, 1.54) is 0 Å². The fourth-order valence-corrected chi connectivity index (χ4v) is 1.88. The molecule has 104 valence electrons. The molecule has 1 saturated carbocycles. The van der Waals surface area contributed by atoms with E-state index >= 15 is 0 Å². The molecule has 0 spiro atoms. The molecule has 1 aromatic heterocycles. The number of nitrogens with two attached hydrogens (primary N) is 1. The Bertz CT molecular complexity index is 478. The molecular formula is C12H19N5O2. The van der Waals surface area contributed by atoms with Gasteiger partial charge in [0.15, 0.2) is 5.69 Å². The summed E-state index contributed by atoms with van der Waals surface area (Å²) in [5.74, 6) is -0.00852. The van der Waals surface area contributed by atoms with Crippen LogP contribution < -0.4 is 16.4 Å². The molecule has 1 aliphatic carbocycles. The lowest BCUT2D eigenvalue weighted by atomic mass is 10.2. The molecule has 1 aromatic rings. The van der Waals surface area contributed by atoms with Gasteiger partial charge in [0, 0.05) is 25.4 Å². The minimum absolute atomic E-state index is 0.0866. The van der Waals surface area contributed by atoms with Gasteiger partial charge >= 0.3 is 0 Å². The van der Waals surface area contributed by atoms with E-state index in [0.717, 1.165) is 18.5 Å². The second-order valence-corrected chi connectivity index (χ2v) is 4.63. The molecule has 0 saturated heterocycles. The summed E-state index contributed by atoms with van der Waals surface area (Å²) < 4.78 is 0. The zero-order valence-electron chi connectivity index (χ0n) is 11.0. The number of amides is 2. The van der Waals surface area contributed by atoms with Gasteiger partial charge in [-0.2, -0.15) is 5.10 Å². The lowest BCUT2D eigenvalue weighted by Gasteiger charge is -2.04. The average Bonchev–Trinajstić information content (AvgIpc) is 3.13. The summed E-state index contributed by atoms with van der Waals surface area (Å²) in [6.45, 7) is 2.71. The highest BCUT2D eigenvalue weighted by atomic mass is 16.2. The van der Waals surface area contributed by atoms with E-state index in [2.05, 4.69) is 20.8 Å². The van der Waals surface area contributed by atoms with Crippen molar-refractivity contribution in [3.63, 3.8) is 0 Å². The standard InChI is InChI=1S/C12H19N5O2/c1-2-14-8(18)5-6-15-12(19)11-9(13)10(16-17-11)7-3-4-7/h7H,2-6,13H2,1H3,(H,14,18)(H,15,19)(H,16,17). The fraction of sp³-hybridized carbons (Fsp3) is 0.583.